The number of esters is 1. The van der Waals surface area contributed by atoms with Crippen molar-refractivity contribution in [3.8, 4) is 0 Å². The standard InChI is InChI=1S/C30H41N3O6S/c1-4-33-26-24(17-30(19-31-27(26)34)13-15-38-16-14-30)25(32-33)18-29(2,3)20-39-28(35)21-9-11-23(12-10-21)40(36,37)22-7-5-6-8-22/h9-12,22H,4-8,13-20H2,1-3H3,(H,31,34). The Labute approximate surface area is 236 Å². The quantitative estimate of drug-likeness (QED) is 0.474. The molecule has 1 N–H and O–H groups in total. The van der Waals surface area contributed by atoms with Gasteiger partial charge in [-0.1, -0.05) is 26.7 Å². The number of nitrogens with one attached hydrogen (secondary N) is 1. The lowest BCUT2D eigenvalue weighted by Crippen LogP contribution is -2.40. The van der Waals surface area contributed by atoms with Crippen molar-refractivity contribution in [3.05, 3.63) is 46.8 Å². The number of aromatic nitrogens is 2. The van der Waals surface area contributed by atoms with Gasteiger partial charge in [0, 0.05) is 43.7 Å². The number of nitrogens with zero attached hydrogens (tertiary/aromatic N) is 2. The molecule has 1 amide bonds. The van der Waals surface area contributed by atoms with Crippen molar-refractivity contribution in [2.24, 2.45) is 10.8 Å². The Balaban J connectivity index is 1.28. The highest BCUT2D eigenvalue weighted by Gasteiger charge is 2.40. The second kappa shape index (κ2) is 11.3. The number of aryl methyl sites for hydroxylation is 1. The number of ether oxygens (including phenoxy) is 2. The topological polar surface area (TPSA) is 117 Å². The monoisotopic (exact) mass is 571 g/mol. The first-order valence-corrected chi connectivity index (χ1v) is 16.0. The highest BCUT2D eigenvalue weighted by molar-refractivity contribution is 7.92. The highest BCUT2D eigenvalue weighted by atomic mass is 32.2. The Kier molecular flexibility index (Phi) is 8.12. The van der Waals surface area contributed by atoms with E-state index in [1.165, 1.54) is 24.3 Å². The fourth-order valence-electron chi connectivity index (χ4n) is 6.33. The van der Waals surface area contributed by atoms with E-state index >= 15 is 0 Å². The maximum atomic E-state index is 13.1. The van der Waals surface area contributed by atoms with Gasteiger partial charge in [-0.05, 0) is 68.7 Å². The van der Waals surface area contributed by atoms with Crippen LogP contribution in [0.5, 0.6) is 0 Å². The summed E-state index contributed by atoms with van der Waals surface area (Å²) in [7, 11) is -3.37. The summed E-state index contributed by atoms with van der Waals surface area (Å²) in [5.41, 5.74) is 2.36. The smallest absolute Gasteiger partial charge is 0.338 e. The van der Waals surface area contributed by atoms with E-state index in [1.807, 2.05) is 20.8 Å². The van der Waals surface area contributed by atoms with Gasteiger partial charge in [-0.2, -0.15) is 5.10 Å². The van der Waals surface area contributed by atoms with Crippen LogP contribution in [0.25, 0.3) is 0 Å². The van der Waals surface area contributed by atoms with Crippen molar-refractivity contribution in [1.82, 2.24) is 15.1 Å². The van der Waals surface area contributed by atoms with Crippen molar-refractivity contribution in [3.63, 3.8) is 0 Å². The van der Waals surface area contributed by atoms with Gasteiger partial charge in [-0.25, -0.2) is 13.2 Å². The molecule has 1 aromatic heterocycles. The molecule has 0 atom stereocenters. The van der Waals surface area contributed by atoms with Crippen LogP contribution in [0.3, 0.4) is 0 Å². The van der Waals surface area contributed by atoms with Gasteiger partial charge >= 0.3 is 5.97 Å². The minimum atomic E-state index is -3.37. The zero-order valence-corrected chi connectivity index (χ0v) is 24.6. The summed E-state index contributed by atoms with van der Waals surface area (Å²) in [5.74, 6) is -0.571. The van der Waals surface area contributed by atoms with Crippen LogP contribution in [-0.2, 0) is 38.7 Å². The molecule has 0 unspecified atom stereocenters. The second-order valence-electron chi connectivity index (χ2n) is 12.5. The molecule has 0 radical (unpaired) electrons. The van der Waals surface area contributed by atoms with Gasteiger partial charge in [0.25, 0.3) is 5.91 Å². The van der Waals surface area contributed by atoms with Gasteiger partial charge < -0.3 is 14.8 Å². The molecule has 2 aliphatic heterocycles. The molecule has 3 heterocycles. The molecule has 10 heteroatoms. The molecule has 9 nitrogen and oxygen atoms in total. The molecule has 1 saturated carbocycles. The number of rotatable bonds is 8. The van der Waals surface area contributed by atoms with Crippen LogP contribution in [0, 0.1) is 10.8 Å². The van der Waals surface area contributed by atoms with Crippen LogP contribution in [0.1, 0.15) is 91.4 Å². The normalized spacial score (nSPS) is 19.7. The third-order valence-electron chi connectivity index (χ3n) is 8.78. The Bertz CT molecular complexity index is 1350. The molecular formula is C30H41N3O6S. The number of fused-ring (bicyclic) bond motifs is 1. The van der Waals surface area contributed by atoms with Gasteiger partial charge in [-0.15, -0.1) is 0 Å². The molecule has 5 rings (SSSR count). The van der Waals surface area contributed by atoms with E-state index < -0.39 is 21.2 Å². The van der Waals surface area contributed by atoms with Crippen LogP contribution < -0.4 is 5.32 Å². The number of sulfone groups is 1. The van der Waals surface area contributed by atoms with E-state index in [9.17, 15) is 18.0 Å². The van der Waals surface area contributed by atoms with Crippen LogP contribution >= 0.6 is 0 Å². The zero-order chi connectivity index (χ0) is 28.5. The first-order valence-electron chi connectivity index (χ1n) is 14.5. The first-order chi connectivity index (χ1) is 19.0. The van der Waals surface area contributed by atoms with Crippen molar-refractivity contribution < 1.29 is 27.5 Å². The summed E-state index contributed by atoms with van der Waals surface area (Å²) in [6.07, 6.45) is 6.38. The minimum absolute atomic E-state index is 0.0382. The summed E-state index contributed by atoms with van der Waals surface area (Å²) in [6, 6.07) is 6.09. The Morgan fingerprint density at radius 2 is 1.85 bits per heavy atom. The molecule has 2 aromatic rings. The first kappa shape index (κ1) is 28.8. The largest absolute Gasteiger partial charge is 0.462 e. The van der Waals surface area contributed by atoms with Crippen molar-refractivity contribution in [1.29, 1.82) is 0 Å². The predicted octanol–water partition coefficient (Wildman–Crippen LogP) is 4.13. The van der Waals surface area contributed by atoms with E-state index in [1.54, 1.807) is 4.68 Å². The zero-order valence-electron chi connectivity index (χ0n) is 23.8. The third-order valence-corrected chi connectivity index (χ3v) is 11.1. The predicted molar refractivity (Wildman–Crippen MR) is 150 cm³/mol. The Morgan fingerprint density at radius 3 is 2.50 bits per heavy atom. The van der Waals surface area contributed by atoms with E-state index in [-0.39, 0.29) is 28.1 Å². The lowest BCUT2D eigenvalue weighted by molar-refractivity contribution is 0.0159. The Morgan fingerprint density at radius 1 is 1.18 bits per heavy atom. The number of hydrogen-bond acceptors (Lipinski definition) is 7. The number of carbonyl (C=O) groups is 2. The van der Waals surface area contributed by atoms with E-state index in [0.717, 1.165) is 43.4 Å². The van der Waals surface area contributed by atoms with E-state index in [2.05, 4.69) is 5.32 Å². The van der Waals surface area contributed by atoms with Crippen LogP contribution in [0.15, 0.2) is 29.2 Å². The van der Waals surface area contributed by atoms with Crippen molar-refractivity contribution >= 4 is 21.7 Å². The number of hydrogen-bond donors (Lipinski definition) is 1. The SMILES string of the molecule is CCn1nc(CC(C)(C)COC(=O)c2ccc(S(=O)(=O)C3CCCC3)cc2)c2c1C(=O)NCC1(CCOCC1)C2. The maximum absolute atomic E-state index is 13.1. The van der Waals surface area contributed by atoms with Gasteiger partial charge in [-0.3, -0.25) is 9.48 Å². The fraction of sp³-hybridized carbons (Fsp3) is 0.633. The minimum Gasteiger partial charge on any atom is -0.462 e. The molecule has 3 aliphatic rings. The summed E-state index contributed by atoms with van der Waals surface area (Å²) in [6.45, 7) is 8.80. The fourth-order valence-corrected chi connectivity index (χ4v) is 8.18. The summed E-state index contributed by atoms with van der Waals surface area (Å²) >= 11 is 0. The number of benzene rings is 1. The van der Waals surface area contributed by atoms with Gasteiger partial charge in [0.2, 0.25) is 0 Å². The third kappa shape index (κ3) is 5.84. The lowest BCUT2D eigenvalue weighted by Gasteiger charge is -2.36. The molecule has 2 fully saturated rings. The van der Waals surface area contributed by atoms with E-state index in [4.69, 9.17) is 14.6 Å². The van der Waals surface area contributed by atoms with Gasteiger partial charge in [0.05, 0.1) is 28.0 Å². The average Bonchev–Trinajstić information content (AvgIpc) is 3.57. The second-order valence-corrected chi connectivity index (χ2v) is 14.7. The van der Waals surface area contributed by atoms with Crippen molar-refractivity contribution in [2.45, 2.75) is 88.8 Å². The molecule has 1 spiro atoms. The molecular weight excluding hydrogens is 530 g/mol. The molecule has 1 saturated heterocycles. The lowest BCUT2D eigenvalue weighted by atomic mass is 9.74. The number of carbonyl (C=O) groups excluding carboxylic acids is 2. The molecule has 1 aliphatic carbocycles. The maximum Gasteiger partial charge on any atom is 0.338 e. The van der Waals surface area contributed by atoms with Crippen LogP contribution in [0.2, 0.25) is 0 Å². The van der Waals surface area contributed by atoms with Crippen LogP contribution in [0.4, 0.5) is 0 Å². The molecule has 218 valence electrons. The summed E-state index contributed by atoms with van der Waals surface area (Å²) in [5, 5.41) is 7.65. The molecule has 1 aromatic carbocycles. The van der Waals surface area contributed by atoms with Gasteiger partial charge in [0.15, 0.2) is 9.84 Å². The molecule has 0 bridgehead atoms. The van der Waals surface area contributed by atoms with Gasteiger partial charge in [0.1, 0.15) is 5.69 Å². The molecule has 40 heavy (non-hydrogen) atoms. The summed E-state index contributed by atoms with van der Waals surface area (Å²) in [4.78, 5) is 26.3. The van der Waals surface area contributed by atoms with Crippen molar-refractivity contribution in [2.75, 3.05) is 26.4 Å². The number of amides is 1. The Hall–Kier alpha value is -2.72. The van der Waals surface area contributed by atoms with E-state index in [0.29, 0.717) is 56.8 Å². The average molecular weight is 572 g/mol. The highest BCUT2D eigenvalue weighted by Crippen LogP contribution is 2.39. The summed E-state index contributed by atoms with van der Waals surface area (Å²) < 4.78 is 38.8. The van der Waals surface area contributed by atoms with Crippen LogP contribution in [-0.4, -0.2) is 61.7 Å².